The molecular weight excluding hydrogens is 446 g/mol. The van der Waals surface area contributed by atoms with Crippen LogP contribution in [0.25, 0.3) is 21.2 Å². The van der Waals surface area contributed by atoms with Crippen LogP contribution in [-0.2, 0) is 23.6 Å². The minimum Gasteiger partial charge on any atom is -0.491 e. The molecule has 0 N–H and O–H groups in total. The third-order valence-corrected chi connectivity index (χ3v) is 8.05. The highest BCUT2D eigenvalue weighted by atomic mass is 32.2. The van der Waals surface area contributed by atoms with E-state index >= 15 is 0 Å². The zero-order chi connectivity index (χ0) is 23.0. The van der Waals surface area contributed by atoms with Crippen LogP contribution >= 0.6 is 11.3 Å². The summed E-state index contributed by atoms with van der Waals surface area (Å²) in [6, 6.07) is 9.96. The van der Waals surface area contributed by atoms with E-state index in [9.17, 15) is 13.2 Å². The van der Waals surface area contributed by atoms with Gasteiger partial charge in [-0.3, -0.25) is 9.69 Å². The summed E-state index contributed by atoms with van der Waals surface area (Å²) in [5, 5.41) is 0.718. The molecule has 1 fully saturated rings. The van der Waals surface area contributed by atoms with Gasteiger partial charge < -0.3 is 9.30 Å². The first-order chi connectivity index (χ1) is 15.1. The number of thiophene rings is 1. The van der Waals surface area contributed by atoms with E-state index in [0.717, 1.165) is 31.8 Å². The van der Waals surface area contributed by atoms with Crippen LogP contribution in [0.4, 0.5) is 0 Å². The number of nitrogens with zero attached hydrogens (tertiary/aromatic N) is 3. The van der Waals surface area contributed by atoms with Crippen LogP contribution in [0.1, 0.15) is 18.7 Å². The Labute approximate surface area is 192 Å². The van der Waals surface area contributed by atoms with Crippen molar-refractivity contribution in [1.29, 1.82) is 0 Å². The van der Waals surface area contributed by atoms with E-state index in [-0.39, 0.29) is 11.7 Å². The van der Waals surface area contributed by atoms with Crippen LogP contribution in [0.15, 0.2) is 41.3 Å². The first kappa shape index (κ1) is 23.0. The van der Waals surface area contributed by atoms with Gasteiger partial charge in [-0.1, -0.05) is 12.1 Å². The number of aromatic nitrogens is 1. The average molecular weight is 476 g/mol. The van der Waals surface area contributed by atoms with E-state index in [0.29, 0.717) is 32.7 Å². The summed E-state index contributed by atoms with van der Waals surface area (Å²) in [4.78, 5) is 16.2. The lowest BCUT2D eigenvalue weighted by Crippen LogP contribution is -2.47. The molecule has 0 spiro atoms. The molecule has 1 saturated heterocycles. The van der Waals surface area contributed by atoms with Gasteiger partial charge in [0.15, 0.2) is 0 Å². The van der Waals surface area contributed by atoms with Crippen molar-refractivity contribution in [3.8, 4) is 16.9 Å². The van der Waals surface area contributed by atoms with Crippen molar-refractivity contribution in [1.82, 2.24) is 13.8 Å². The number of fused-ring (bicyclic) bond motifs is 1. The van der Waals surface area contributed by atoms with Crippen LogP contribution in [0.5, 0.6) is 5.75 Å². The molecule has 0 saturated carbocycles. The smallest absolute Gasteiger partial charge is 0.259 e. The molecule has 0 unspecified atom stereocenters. The van der Waals surface area contributed by atoms with Crippen molar-refractivity contribution in [2.75, 3.05) is 32.4 Å². The number of pyridine rings is 1. The van der Waals surface area contributed by atoms with Crippen molar-refractivity contribution in [2.24, 2.45) is 7.05 Å². The van der Waals surface area contributed by atoms with Gasteiger partial charge >= 0.3 is 0 Å². The SMILES string of the molecule is CC(C)Oc1cccc(-c2cn(C)c(=O)c3cc(CN4CCN(S(C)(=O)=O)CC4)sc23)c1. The van der Waals surface area contributed by atoms with Gasteiger partial charge in [0.2, 0.25) is 10.0 Å². The van der Waals surface area contributed by atoms with E-state index < -0.39 is 10.0 Å². The summed E-state index contributed by atoms with van der Waals surface area (Å²) in [5.74, 6) is 0.806. The molecule has 3 heterocycles. The molecular formula is C23H29N3O4S2. The Hall–Kier alpha value is -2.20. The number of benzene rings is 1. The maximum Gasteiger partial charge on any atom is 0.259 e. The van der Waals surface area contributed by atoms with Crippen molar-refractivity contribution in [2.45, 2.75) is 26.5 Å². The molecule has 1 aliphatic rings. The lowest BCUT2D eigenvalue weighted by molar-refractivity contribution is 0.183. The summed E-state index contributed by atoms with van der Waals surface area (Å²) in [6.07, 6.45) is 3.24. The van der Waals surface area contributed by atoms with Gasteiger partial charge in [0.1, 0.15) is 5.75 Å². The number of piperazine rings is 1. The predicted octanol–water partition coefficient (Wildman–Crippen LogP) is 3.13. The molecule has 4 rings (SSSR count). The molecule has 0 radical (unpaired) electrons. The molecule has 1 aromatic carbocycles. The minimum atomic E-state index is -3.15. The molecule has 9 heteroatoms. The maximum atomic E-state index is 12.8. The summed E-state index contributed by atoms with van der Waals surface area (Å²) in [7, 11) is -1.37. The fourth-order valence-electron chi connectivity index (χ4n) is 4.03. The summed E-state index contributed by atoms with van der Waals surface area (Å²) in [5.41, 5.74) is 2.01. The Balaban J connectivity index is 1.64. The van der Waals surface area contributed by atoms with Crippen LogP contribution in [0, 0.1) is 0 Å². The second kappa shape index (κ2) is 8.97. The van der Waals surface area contributed by atoms with Crippen molar-refractivity contribution in [3.63, 3.8) is 0 Å². The number of aryl methyl sites for hydroxylation is 1. The standard InChI is InChI=1S/C23H29N3O4S2/c1-16(2)30-18-7-5-6-17(12-18)21-15-24(3)23(27)20-13-19(31-22(20)21)14-25-8-10-26(11-9-25)32(4,28)29/h5-7,12-13,15-16H,8-11,14H2,1-4H3. The fraction of sp³-hybridized carbons (Fsp3) is 0.435. The third-order valence-electron chi connectivity index (χ3n) is 5.60. The number of rotatable bonds is 6. The third kappa shape index (κ3) is 4.91. The van der Waals surface area contributed by atoms with Crippen LogP contribution in [0.2, 0.25) is 0 Å². The van der Waals surface area contributed by atoms with Crippen molar-refractivity contribution in [3.05, 3.63) is 51.8 Å². The first-order valence-electron chi connectivity index (χ1n) is 10.7. The van der Waals surface area contributed by atoms with E-state index in [4.69, 9.17) is 4.74 Å². The number of sulfonamides is 1. The quantitative estimate of drug-likeness (QED) is 0.548. The Morgan fingerprint density at radius 2 is 1.84 bits per heavy atom. The highest BCUT2D eigenvalue weighted by Crippen LogP contribution is 2.35. The summed E-state index contributed by atoms with van der Waals surface area (Å²) < 4.78 is 33.5. The Morgan fingerprint density at radius 1 is 1.12 bits per heavy atom. The Kier molecular flexibility index (Phi) is 6.44. The second-order valence-corrected chi connectivity index (χ2v) is 11.7. The number of ether oxygens (including phenoxy) is 1. The Bertz CT molecular complexity index is 1290. The zero-order valence-corrected chi connectivity index (χ0v) is 20.5. The number of hydrogen-bond acceptors (Lipinski definition) is 6. The van der Waals surface area contributed by atoms with Gasteiger partial charge in [0.25, 0.3) is 5.56 Å². The highest BCUT2D eigenvalue weighted by molar-refractivity contribution is 7.88. The largest absolute Gasteiger partial charge is 0.491 e. The molecule has 32 heavy (non-hydrogen) atoms. The summed E-state index contributed by atoms with van der Waals surface area (Å²) >= 11 is 1.63. The molecule has 0 bridgehead atoms. The Morgan fingerprint density at radius 3 is 2.50 bits per heavy atom. The normalized spacial score (nSPS) is 16.2. The molecule has 3 aromatic rings. The molecule has 1 aliphatic heterocycles. The topological polar surface area (TPSA) is 71.8 Å². The van der Waals surface area contributed by atoms with E-state index in [1.807, 2.05) is 50.4 Å². The van der Waals surface area contributed by atoms with E-state index in [2.05, 4.69) is 4.90 Å². The van der Waals surface area contributed by atoms with Gasteiger partial charge in [-0.25, -0.2) is 8.42 Å². The molecule has 0 amide bonds. The van der Waals surface area contributed by atoms with E-state index in [1.54, 1.807) is 23.0 Å². The van der Waals surface area contributed by atoms with Crippen LogP contribution in [0.3, 0.4) is 0 Å². The highest BCUT2D eigenvalue weighted by Gasteiger charge is 2.24. The lowest BCUT2D eigenvalue weighted by atomic mass is 10.1. The fourth-order valence-corrected chi connectivity index (χ4v) is 6.08. The van der Waals surface area contributed by atoms with Crippen LogP contribution < -0.4 is 10.3 Å². The van der Waals surface area contributed by atoms with Gasteiger partial charge in [-0.2, -0.15) is 4.31 Å². The average Bonchev–Trinajstić information content (AvgIpc) is 3.14. The maximum absolute atomic E-state index is 12.8. The first-order valence-corrected chi connectivity index (χ1v) is 13.3. The lowest BCUT2D eigenvalue weighted by Gasteiger charge is -2.32. The molecule has 2 aromatic heterocycles. The molecule has 0 atom stereocenters. The van der Waals surface area contributed by atoms with Gasteiger partial charge in [-0.15, -0.1) is 11.3 Å². The zero-order valence-electron chi connectivity index (χ0n) is 18.9. The van der Waals surface area contributed by atoms with Gasteiger partial charge in [-0.05, 0) is 37.6 Å². The molecule has 0 aliphatic carbocycles. The van der Waals surface area contributed by atoms with E-state index in [1.165, 1.54) is 10.6 Å². The molecule has 172 valence electrons. The van der Waals surface area contributed by atoms with Crippen molar-refractivity contribution >= 4 is 31.4 Å². The molecule has 7 nitrogen and oxygen atoms in total. The minimum absolute atomic E-state index is 0.0114. The second-order valence-electron chi connectivity index (χ2n) is 8.55. The predicted molar refractivity (Wildman–Crippen MR) is 130 cm³/mol. The monoisotopic (exact) mass is 475 g/mol. The van der Waals surface area contributed by atoms with Crippen molar-refractivity contribution < 1.29 is 13.2 Å². The number of hydrogen-bond donors (Lipinski definition) is 0. The summed E-state index contributed by atoms with van der Waals surface area (Å²) in [6.45, 7) is 7.06. The van der Waals surface area contributed by atoms with Crippen LogP contribution in [-0.4, -0.2) is 60.7 Å². The van der Waals surface area contributed by atoms with Gasteiger partial charge in [0, 0.05) is 61.1 Å². The van der Waals surface area contributed by atoms with Gasteiger partial charge in [0.05, 0.1) is 17.7 Å².